The molecular weight excluding hydrogens is 423 g/mol. The second kappa shape index (κ2) is 9.60. The molecule has 0 atom stereocenters. The Morgan fingerprint density at radius 3 is 2.46 bits per heavy atom. The fraction of sp³-hybridized carbons (Fsp3) is 0.316. The van der Waals surface area contributed by atoms with E-state index in [-0.39, 0.29) is 29.0 Å². The Morgan fingerprint density at radius 2 is 1.86 bits per heavy atom. The van der Waals surface area contributed by atoms with Crippen molar-refractivity contribution in [2.75, 3.05) is 12.4 Å². The van der Waals surface area contributed by atoms with E-state index in [0.29, 0.717) is 22.2 Å². The number of methoxy groups -OCH3 is 1. The number of hydrogen-bond donors (Lipinski definition) is 2. The summed E-state index contributed by atoms with van der Waals surface area (Å²) in [5, 5.41) is 3.72. The van der Waals surface area contributed by atoms with Gasteiger partial charge >= 0.3 is 0 Å². The Balaban J connectivity index is 2.15. The van der Waals surface area contributed by atoms with Gasteiger partial charge in [0.25, 0.3) is 0 Å². The molecule has 2 aromatic rings. The second-order valence-electron chi connectivity index (χ2n) is 6.42. The Bertz CT molecular complexity index is 962. The molecule has 152 valence electrons. The molecule has 0 bridgehead atoms. The van der Waals surface area contributed by atoms with Crippen molar-refractivity contribution < 1.29 is 17.9 Å². The number of ether oxygens (including phenoxy) is 1. The number of benzene rings is 2. The Hall–Kier alpha value is -1.80. The Kier molecular flexibility index (Phi) is 7.71. The van der Waals surface area contributed by atoms with Gasteiger partial charge in [0.2, 0.25) is 15.9 Å². The van der Waals surface area contributed by atoms with Crippen LogP contribution in [0.4, 0.5) is 5.69 Å². The minimum Gasteiger partial charge on any atom is -0.495 e. The predicted molar refractivity (Wildman–Crippen MR) is 112 cm³/mol. The van der Waals surface area contributed by atoms with Crippen LogP contribution in [0.1, 0.15) is 25.8 Å². The van der Waals surface area contributed by atoms with E-state index in [1.807, 2.05) is 0 Å². The number of rotatable bonds is 8. The number of aryl methyl sites for hydroxylation is 1. The predicted octanol–water partition coefficient (Wildman–Crippen LogP) is 4.26. The standard InChI is InChI=1S/C19H22Cl2N2O4S/c1-12(2)23-28(25,26)15-7-8-18(27-3)17(11-15)22-19(24)9-5-13-4-6-14(20)10-16(13)21/h4,6-8,10-12,23H,5,9H2,1-3H3,(H,22,24). The van der Waals surface area contributed by atoms with Crippen LogP contribution in [0.2, 0.25) is 10.0 Å². The van der Waals surface area contributed by atoms with Gasteiger partial charge in [-0.3, -0.25) is 4.79 Å². The first-order chi connectivity index (χ1) is 13.1. The molecule has 0 aliphatic heterocycles. The van der Waals surface area contributed by atoms with E-state index in [1.54, 1.807) is 32.0 Å². The van der Waals surface area contributed by atoms with Gasteiger partial charge in [-0.1, -0.05) is 29.3 Å². The van der Waals surface area contributed by atoms with E-state index >= 15 is 0 Å². The minimum atomic E-state index is -3.69. The summed E-state index contributed by atoms with van der Waals surface area (Å²) in [5.41, 5.74) is 1.08. The van der Waals surface area contributed by atoms with E-state index in [0.717, 1.165) is 5.56 Å². The van der Waals surface area contributed by atoms with Crippen molar-refractivity contribution in [3.63, 3.8) is 0 Å². The van der Waals surface area contributed by atoms with Gasteiger partial charge in [-0.05, 0) is 56.2 Å². The lowest BCUT2D eigenvalue weighted by molar-refractivity contribution is -0.116. The first kappa shape index (κ1) is 22.5. The van der Waals surface area contributed by atoms with Crippen LogP contribution in [0.15, 0.2) is 41.3 Å². The van der Waals surface area contributed by atoms with Gasteiger partial charge in [-0.2, -0.15) is 0 Å². The average molecular weight is 445 g/mol. The maximum Gasteiger partial charge on any atom is 0.240 e. The van der Waals surface area contributed by atoms with Crippen LogP contribution in [0.5, 0.6) is 5.75 Å². The first-order valence-corrected chi connectivity index (χ1v) is 10.8. The van der Waals surface area contributed by atoms with Crippen molar-refractivity contribution in [2.24, 2.45) is 0 Å². The van der Waals surface area contributed by atoms with Crippen molar-refractivity contribution in [3.8, 4) is 5.75 Å². The fourth-order valence-electron chi connectivity index (χ4n) is 2.52. The number of carbonyl (C=O) groups is 1. The molecule has 0 aliphatic carbocycles. The third-order valence-corrected chi connectivity index (χ3v) is 6.03. The highest BCUT2D eigenvalue weighted by Crippen LogP contribution is 2.28. The van der Waals surface area contributed by atoms with Gasteiger partial charge in [0.1, 0.15) is 5.75 Å². The summed E-state index contributed by atoms with van der Waals surface area (Å²) in [6.07, 6.45) is 0.572. The summed E-state index contributed by atoms with van der Waals surface area (Å²) in [7, 11) is -2.25. The number of amides is 1. The van der Waals surface area contributed by atoms with Crippen LogP contribution in [0.25, 0.3) is 0 Å². The van der Waals surface area contributed by atoms with E-state index in [9.17, 15) is 13.2 Å². The molecular formula is C19H22Cl2N2O4S. The van der Waals surface area contributed by atoms with Crippen molar-refractivity contribution >= 4 is 44.8 Å². The number of hydrogen-bond acceptors (Lipinski definition) is 4. The summed E-state index contributed by atoms with van der Waals surface area (Å²) in [5.74, 6) is 0.0667. The highest BCUT2D eigenvalue weighted by molar-refractivity contribution is 7.89. The molecule has 0 saturated heterocycles. The normalized spacial score (nSPS) is 11.5. The molecule has 0 unspecified atom stereocenters. The Morgan fingerprint density at radius 1 is 1.14 bits per heavy atom. The summed E-state index contributed by atoms with van der Waals surface area (Å²) >= 11 is 12.0. The zero-order chi connectivity index (χ0) is 20.9. The van der Waals surface area contributed by atoms with Crippen LogP contribution in [0, 0.1) is 0 Å². The molecule has 6 nitrogen and oxygen atoms in total. The third-order valence-electron chi connectivity index (χ3n) is 3.78. The van der Waals surface area contributed by atoms with E-state index in [1.165, 1.54) is 25.3 Å². The third kappa shape index (κ3) is 6.10. The van der Waals surface area contributed by atoms with Crippen molar-refractivity contribution in [1.29, 1.82) is 0 Å². The van der Waals surface area contributed by atoms with E-state index in [4.69, 9.17) is 27.9 Å². The quantitative estimate of drug-likeness (QED) is 0.636. The smallest absolute Gasteiger partial charge is 0.240 e. The summed E-state index contributed by atoms with van der Waals surface area (Å²) in [6, 6.07) is 9.14. The molecule has 0 radical (unpaired) electrons. The molecule has 9 heteroatoms. The molecule has 0 saturated carbocycles. The van der Waals surface area contributed by atoms with Crippen LogP contribution in [0.3, 0.4) is 0 Å². The van der Waals surface area contributed by atoms with E-state index in [2.05, 4.69) is 10.0 Å². The highest BCUT2D eigenvalue weighted by Gasteiger charge is 2.18. The summed E-state index contributed by atoms with van der Waals surface area (Å²) in [6.45, 7) is 3.46. The van der Waals surface area contributed by atoms with Gasteiger partial charge in [-0.25, -0.2) is 13.1 Å². The van der Waals surface area contributed by atoms with Crippen LogP contribution in [-0.2, 0) is 21.2 Å². The van der Waals surface area contributed by atoms with Gasteiger partial charge in [0.05, 0.1) is 17.7 Å². The molecule has 28 heavy (non-hydrogen) atoms. The second-order valence-corrected chi connectivity index (χ2v) is 8.98. The lowest BCUT2D eigenvalue weighted by Crippen LogP contribution is -2.30. The molecule has 0 aromatic heterocycles. The van der Waals surface area contributed by atoms with Crippen molar-refractivity contribution in [3.05, 3.63) is 52.0 Å². The van der Waals surface area contributed by atoms with Crippen molar-refractivity contribution in [2.45, 2.75) is 37.6 Å². The molecule has 0 spiro atoms. The highest BCUT2D eigenvalue weighted by atomic mass is 35.5. The first-order valence-electron chi connectivity index (χ1n) is 8.56. The maximum atomic E-state index is 12.4. The Labute approximate surface area is 175 Å². The molecule has 1 amide bonds. The van der Waals surface area contributed by atoms with Crippen LogP contribution < -0.4 is 14.8 Å². The average Bonchev–Trinajstić information content (AvgIpc) is 2.59. The van der Waals surface area contributed by atoms with Gasteiger partial charge in [0.15, 0.2) is 0 Å². The number of anilines is 1. The zero-order valence-corrected chi connectivity index (χ0v) is 18.1. The van der Waals surface area contributed by atoms with Crippen LogP contribution in [-0.4, -0.2) is 27.5 Å². The number of sulfonamides is 1. The lowest BCUT2D eigenvalue weighted by atomic mass is 10.1. The number of nitrogens with one attached hydrogen (secondary N) is 2. The molecule has 2 aromatic carbocycles. The summed E-state index contributed by atoms with van der Waals surface area (Å²) < 4.78 is 32.5. The topological polar surface area (TPSA) is 84.5 Å². The molecule has 0 heterocycles. The molecule has 2 N–H and O–H groups in total. The molecule has 0 aliphatic rings. The van der Waals surface area contributed by atoms with Crippen LogP contribution >= 0.6 is 23.2 Å². The SMILES string of the molecule is COc1ccc(S(=O)(=O)NC(C)C)cc1NC(=O)CCc1ccc(Cl)cc1Cl. The van der Waals surface area contributed by atoms with Crippen molar-refractivity contribution in [1.82, 2.24) is 4.72 Å². The lowest BCUT2D eigenvalue weighted by Gasteiger charge is -2.14. The van der Waals surface area contributed by atoms with Gasteiger partial charge in [-0.15, -0.1) is 0 Å². The molecule has 0 fully saturated rings. The molecule has 2 rings (SSSR count). The monoisotopic (exact) mass is 444 g/mol. The van der Waals surface area contributed by atoms with E-state index < -0.39 is 10.0 Å². The maximum absolute atomic E-state index is 12.4. The zero-order valence-electron chi connectivity index (χ0n) is 15.8. The van der Waals surface area contributed by atoms with Gasteiger partial charge in [0, 0.05) is 22.5 Å². The minimum absolute atomic E-state index is 0.0399. The number of halogens is 2. The largest absolute Gasteiger partial charge is 0.495 e. The number of carbonyl (C=O) groups excluding carboxylic acids is 1. The summed E-state index contributed by atoms with van der Waals surface area (Å²) in [4.78, 5) is 12.4. The van der Waals surface area contributed by atoms with Gasteiger partial charge < -0.3 is 10.1 Å². The fourth-order valence-corrected chi connectivity index (χ4v) is 4.30.